The fraction of sp³-hybridized carbons (Fsp3) is 0.424. The summed E-state index contributed by atoms with van der Waals surface area (Å²) in [7, 11) is 0. The number of amides is 1. The van der Waals surface area contributed by atoms with Crippen LogP contribution in [0.5, 0.6) is 0 Å². The lowest BCUT2D eigenvalue weighted by atomic mass is 9.79. The highest BCUT2D eigenvalue weighted by molar-refractivity contribution is 5.94. The van der Waals surface area contributed by atoms with Crippen molar-refractivity contribution in [2.24, 2.45) is 11.8 Å². The smallest absolute Gasteiger partial charge is 0.349 e. The van der Waals surface area contributed by atoms with Gasteiger partial charge in [0.15, 0.2) is 0 Å². The minimum Gasteiger partial charge on any atom is -0.349 e. The Kier molecular flexibility index (Phi) is 9.35. The van der Waals surface area contributed by atoms with Crippen LogP contribution >= 0.6 is 0 Å². The van der Waals surface area contributed by atoms with Crippen molar-refractivity contribution in [3.63, 3.8) is 0 Å². The van der Waals surface area contributed by atoms with Crippen molar-refractivity contribution >= 4 is 5.91 Å². The van der Waals surface area contributed by atoms with Crippen LogP contribution in [0.3, 0.4) is 0 Å². The molecule has 1 saturated heterocycles. The molecular weight excluding hydrogens is 525 g/mol. The maximum Gasteiger partial charge on any atom is 0.416 e. The van der Waals surface area contributed by atoms with Crippen LogP contribution in [-0.4, -0.2) is 39.9 Å². The molecule has 1 amide bonds. The number of pyridine rings is 2. The number of rotatable bonds is 6. The molecule has 0 unspecified atom stereocenters. The minimum absolute atomic E-state index is 0.115. The van der Waals surface area contributed by atoms with Crippen LogP contribution in [0.1, 0.15) is 71.1 Å². The van der Waals surface area contributed by atoms with Crippen molar-refractivity contribution < 1.29 is 18.0 Å². The molecule has 2 fully saturated rings. The molecule has 214 valence electrons. The van der Waals surface area contributed by atoms with Gasteiger partial charge in [-0.05, 0) is 86.3 Å². The van der Waals surface area contributed by atoms with Crippen LogP contribution in [0.4, 0.5) is 13.2 Å². The summed E-state index contributed by atoms with van der Waals surface area (Å²) in [4.78, 5) is 23.7. The van der Waals surface area contributed by atoms with E-state index >= 15 is 0 Å². The molecule has 0 radical (unpaired) electrons. The Morgan fingerprint density at radius 2 is 1.68 bits per heavy atom. The minimum atomic E-state index is -4.30. The number of likely N-dealkylation sites (tertiary alicyclic amines) is 1. The maximum atomic E-state index is 12.9. The van der Waals surface area contributed by atoms with E-state index in [2.05, 4.69) is 38.1 Å². The third-order valence-corrected chi connectivity index (χ3v) is 8.13. The second-order valence-corrected chi connectivity index (χ2v) is 11.2. The highest BCUT2D eigenvalue weighted by Crippen LogP contribution is 2.32. The molecule has 1 aliphatic heterocycles. The molecule has 8 heteroatoms. The van der Waals surface area contributed by atoms with E-state index in [1.807, 2.05) is 18.3 Å². The van der Waals surface area contributed by atoms with Crippen LogP contribution < -0.4 is 5.32 Å². The van der Waals surface area contributed by atoms with Gasteiger partial charge in [-0.1, -0.05) is 30.0 Å². The Balaban J connectivity index is 1.06. The van der Waals surface area contributed by atoms with Crippen molar-refractivity contribution in [1.29, 1.82) is 0 Å². The van der Waals surface area contributed by atoms with Crippen molar-refractivity contribution in [1.82, 2.24) is 20.2 Å². The third kappa shape index (κ3) is 8.40. The molecule has 3 heterocycles. The summed E-state index contributed by atoms with van der Waals surface area (Å²) >= 11 is 0. The highest BCUT2D eigenvalue weighted by atomic mass is 19.4. The molecule has 1 aliphatic carbocycles. The molecule has 0 spiro atoms. The zero-order chi connectivity index (χ0) is 28.7. The van der Waals surface area contributed by atoms with Crippen molar-refractivity contribution in [2.45, 2.75) is 63.7 Å². The van der Waals surface area contributed by atoms with E-state index in [0.29, 0.717) is 11.5 Å². The predicted molar refractivity (Wildman–Crippen MR) is 152 cm³/mol. The van der Waals surface area contributed by atoms with E-state index < -0.39 is 11.7 Å². The Morgan fingerprint density at radius 1 is 0.927 bits per heavy atom. The molecule has 2 aromatic heterocycles. The average molecular weight is 561 g/mol. The summed E-state index contributed by atoms with van der Waals surface area (Å²) in [6.45, 7) is 2.73. The molecule has 2 aliphatic rings. The molecular formula is C33H35F3N4O. The highest BCUT2D eigenvalue weighted by Gasteiger charge is 2.30. The van der Waals surface area contributed by atoms with E-state index in [1.54, 1.807) is 30.7 Å². The van der Waals surface area contributed by atoms with Gasteiger partial charge >= 0.3 is 6.18 Å². The Bertz CT molecular complexity index is 1350. The topological polar surface area (TPSA) is 58.1 Å². The maximum absolute atomic E-state index is 12.9. The van der Waals surface area contributed by atoms with Crippen molar-refractivity contribution in [3.8, 4) is 11.8 Å². The first kappa shape index (κ1) is 28.8. The summed E-state index contributed by atoms with van der Waals surface area (Å²) in [6.07, 6.45) is 9.19. The average Bonchev–Trinajstić information content (AvgIpc) is 2.98. The monoisotopic (exact) mass is 560 g/mol. The van der Waals surface area contributed by atoms with Gasteiger partial charge in [-0.15, -0.1) is 0 Å². The van der Waals surface area contributed by atoms with Crippen LogP contribution in [-0.2, 0) is 19.1 Å². The normalized spacial score (nSPS) is 20.2. The van der Waals surface area contributed by atoms with Crippen LogP contribution in [0, 0.1) is 23.7 Å². The van der Waals surface area contributed by atoms with Crippen LogP contribution in [0.2, 0.25) is 0 Å². The number of halogens is 3. The van der Waals surface area contributed by atoms with Gasteiger partial charge in [0.1, 0.15) is 0 Å². The van der Waals surface area contributed by atoms with Gasteiger partial charge in [0.05, 0.1) is 11.1 Å². The quantitative estimate of drug-likeness (QED) is 0.360. The van der Waals surface area contributed by atoms with Gasteiger partial charge < -0.3 is 5.32 Å². The van der Waals surface area contributed by atoms with Gasteiger partial charge in [0.2, 0.25) is 0 Å². The molecule has 0 bridgehead atoms. The molecule has 5 rings (SSSR count). The summed E-state index contributed by atoms with van der Waals surface area (Å²) in [5, 5.41) is 3.17. The van der Waals surface area contributed by atoms with E-state index in [-0.39, 0.29) is 17.9 Å². The first-order valence-electron chi connectivity index (χ1n) is 14.4. The molecule has 1 N–H and O–H groups in total. The van der Waals surface area contributed by atoms with Gasteiger partial charge in [0.25, 0.3) is 5.91 Å². The summed E-state index contributed by atoms with van der Waals surface area (Å²) in [5.74, 6) is 7.19. The second kappa shape index (κ2) is 13.3. The zero-order valence-corrected chi connectivity index (χ0v) is 23.0. The van der Waals surface area contributed by atoms with Gasteiger partial charge in [0, 0.05) is 61.9 Å². The zero-order valence-electron chi connectivity index (χ0n) is 23.0. The summed E-state index contributed by atoms with van der Waals surface area (Å²) < 4.78 is 38.4. The third-order valence-electron chi connectivity index (χ3n) is 8.13. The predicted octanol–water partition coefficient (Wildman–Crippen LogP) is 6.29. The van der Waals surface area contributed by atoms with E-state index in [1.165, 1.54) is 17.7 Å². The van der Waals surface area contributed by atoms with Gasteiger partial charge in [-0.25, -0.2) is 0 Å². The summed E-state index contributed by atoms with van der Waals surface area (Å²) in [5.41, 5.74) is 2.80. The number of carbonyl (C=O) groups excluding carboxylic acids is 1. The first-order chi connectivity index (χ1) is 19.8. The van der Waals surface area contributed by atoms with Gasteiger partial charge in [-0.2, -0.15) is 13.2 Å². The lowest BCUT2D eigenvalue weighted by Crippen LogP contribution is -2.44. The molecule has 41 heavy (non-hydrogen) atoms. The van der Waals surface area contributed by atoms with E-state index in [0.717, 1.165) is 75.7 Å². The number of piperidine rings is 1. The Hall–Kier alpha value is -3.70. The standard InChI is InChI=1S/C33H35F3N4O/c34-33(35,36)30-11-9-26(10-12-30)18-25-6-3-24(4-7-25)5-8-27-19-29(22-38-20-27)32(41)39-31-13-16-40(17-14-31)23-28-2-1-15-37-21-28/h1-2,9-12,15,19-22,24-25,31H,3-4,6-7,13-14,16-18,23H2,(H,39,41). The largest absolute Gasteiger partial charge is 0.416 e. The molecule has 1 aromatic carbocycles. The Morgan fingerprint density at radius 3 is 2.37 bits per heavy atom. The molecule has 1 saturated carbocycles. The number of benzene rings is 1. The lowest BCUT2D eigenvalue weighted by Gasteiger charge is -2.32. The van der Waals surface area contributed by atoms with Gasteiger partial charge in [-0.3, -0.25) is 19.7 Å². The molecule has 5 nitrogen and oxygen atoms in total. The molecule has 3 aromatic rings. The number of aromatic nitrogens is 2. The number of alkyl halides is 3. The fourth-order valence-corrected chi connectivity index (χ4v) is 5.75. The number of carbonyl (C=O) groups is 1. The Labute approximate surface area is 239 Å². The summed E-state index contributed by atoms with van der Waals surface area (Å²) in [6, 6.07) is 11.5. The number of hydrogen-bond acceptors (Lipinski definition) is 4. The van der Waals surface area contributed by atoms with Crippen molar-refractivity contribution in [2.75, 3.05) is 13.1 Å². The van der Waals surface area contributed by atoms with E-state index in [9.17, 15) is 18.0 Å². The second-order valence-electron chi connectivity index (χ2n) is 11.2. The van der Waals surface area contributed by atoms with E-state index in [4.69, 9.17) is 0 Å². The lowest BCUT2D eigenvalue weighted by molar-refractivity contribution is -0.137. The van der Waals surface area contributed by atoms with Crippen LogP contribution in [0.15, 0.2) is 67.3 Å². The number of nitrogens with one attached hydrogen (secondary N) is 1. The fourth-order valence-electron chi connectivity index (χ4n) is 5.75. The van der Waals surface area contributed by atoms with Crippen molar-refractivity contribution in [3.05, 3.63) is 95.1 Å². The SMILES string of the molecule is O=C(NC1CCN(Cc2cccnc2)CC1)c1cncc(C#CC2CCC(Cc3ccc(C(F)(F)F)cc3)CC2)c1. The first-order valence-corrected chi connectivity index (χ1v) is 14.4. The number of hydrogen-bond donors (Lipinski definition) is 1. The molecule has 0 atom stereocenters. The van der Waals surface area contributed by atoms with Crippen LogP contribution in [0.25, 0.3) is 0 Å². The number of nitrogens with zero attached hydrogens (tertiary/aromatic N) is 3.